The van der Waals surface area contributed by atoms with Crippen LogP contribution in [0.3, 0.4) is 0 Å². The van der Waals surface area contributed by atoms with Crippen molar-refractivity contribution in [3.63, 3.8) is 0 Å². The number of carbonyl (C=O) groups excluding carboxylic acids is 2. The molecule has 1 heterocycles. The Hall–Kier alpha value is -3.54. The molecule has 3 aromatic rings. The molecular weight excluding hydrogens is 344 g/mol. The minimum atomic E-state index is -0.892. The number of aromatic nitrogens is 2. The number of aryl methyl sites for hydroxylation is 1. The highest BCUT2D eigenvalue weighted by Gasteiger charge is 2.35. The van der Waals surface area contributed by atoms with Crippen molar-refractivity contribution in [3.05, 3.63) is 82.9 Å². The summed E-state index contributed by atoms with van der Waals surface area (Å²) in [6.45, 7) is 0. The summed E-state index contributed by atoms with van der Waals surface area (Å²) in [7, 11) is 0. The van der Waals surface area contributed by atoms with Crippen LogP contribution >= 0.6 is 0 Å². The van der Waals surface area contributed by atoms with E-state index >= 15 is 0 Å². The predicted octanol–water partition coefficient (Wildman–Crippen LogP) is 3.06. The Balaban J connectivity index is 1.88. The van der Waals surface area contributed by atoms with E-state index < -0.39 is 5.97 Å². The summed E-state index contributed by atoms with van der Waals surface area (Å²) in [6.07, 6.45) is 0.715. The third-order valence-electron chi connectivity index (χ3n) is 4.60. The molecule has 0 bridgehead atoms. The number of ketones is 2. The van der Waals surface area contributed by atoms with Crippen LogP contribution in [0.15, 0.2) is 54.6 Å². The van der Waals surface area contributed by atoms with Gasteiger partial charge in [-0.05, 0) is 18.6 Å². The largest absolute Gasteiger partial charge is 0.481 e. The van der Waals surface area contributed by atoms with Crippen molar-refractivity contribution in [2.75, 3.05) is 0 Å². The number of rotatable bonds is 5. The molecule has 0 aliphatic heterocycles. The highest BCUT2D eigenvalue weighted by atomic mass is 16.4. The van der Waals surface area contributed by atoms with Crippen LogP contribution in [-0.2, 0) is 11.2 Å². The number of benzene rings is 2. The SMILES string of the molecule is O=C(O)CCCc1nc2c(n1-c1ccccc1)C(=O)c1ccccc1C2=O. The van der Waals surface area contributed by atoms with Gasteiger partial charge in [-0.2, -0.15) is 0 Å². The second-order valence-corrected chi connectivity index (χ2v) is 6.35. The van der Waals surface area contributed by atoms with E-state index in [0.29, 0.717) is 29.8 Å². The lowest BCUT2D eigenvalue weighted by Gasteiger charge is -2.16. The van der Waals surface area contributed by atoms with Crippen LogP contribution in [0.2, 0.25) is 0 Å². The molecule has 0 radical (unpaired) electrons. The summed E-state index contributed by atoms with van der Waals surface area (Å²) in [6, 6.07) is 15.9. The van der Waals surface area contributed by atoms with Crippen molar-refractivity contribution in [1.82, 2.24) is 9.55 Å². The molecule has 0 fully saturated rings. The number of aliphatic carboxylic acids is 1. The van der Waals surface area contributed by atoms with Crippen molar-refractivity contribution < 1.29 is 19.5 Å². The van der Waals surface area contributed by atoms with Gasteiger partial charge < -0.3 is 5.11 Å². The number of nitrogens with zero attached hydrogens (tertiary/aromatic N) is 2. The van der Waals surface area contributed by atoms with Crippen LogP contribution in [-0.4, -0.2) is 32.2 Å². The van der Waals surface area contributed by atoms with Crippen molar-refractivity contribution in [3.8, 4) is 5.69 Å². The molecule has 0 atom stereocenters. The maximum Gasteiger partial charge on any atom is 0.303 e. The summed E-state index contributed by atoms with van der Waals surface area (Å²) in [5.41, 5.74) is 1.81. The zero-order chi connectivity index (χ0) is 19.0. The Morgan fingerprint density at radius 3 is 2.22 bits per heavy atom. The minimum Gasteiger partial charge on any atom is -0.481 e. The van der Waals surface area contributed by atoms with E-state index in [1.54, 1.807) is 28.8 Å². The molecule has 1 aromatic heterocycles. The van der Waals surface area contributed by atoms with Gasteiger partial charge in [0.15, 0.2) is 0 Å². The first-order chi connectivity index (χ1) is 13.1. The first kappa shape index (κ1) is 16.9. The number of carboxylic acid groups (broad SMARTS) is 1. The number of para-hydroxylation sites is 1. The van der Waals surface area contributed by atoms with Crippen molar-refractivity contribution in [2.24, 2.45) is 0 Å². The van der Waals surface area contributed by atoms with Crippen LogP contribution in [0, 0.1) is 0 Å². The van der Waals surface area contributed by atoms with E-state index in [4.69, 9.17) is 5.11 Å². The Labute approximate surface area is 155 Å². The molecule has 0 saturated heterocycles. The maximum absolute atomic E-state index is 13.1. The maximum atomic E-state index is 13.1. The molecule has 4 rings (SSSR count). The second kappa shape index (κ2) is 6.64. The van der Waals surface area contributed by atoms with Gasteiger partial charge in [-0.15, -0.1) is 0 Å². The number of carboxylic acids is 1. The molecule has 0 saturated carbocycles. The van der Waals surface area contributed by atoms with Gasteiger partial charge in [0.05, 0.1) is 0 Å². The highest BCUT2D eigenvalue weighted by Crippen LogP contribution is 2.30. The van der Waals surface area contributed by atoms with Crippen LogP contribution in [0.1, 0.15) is 50.8 Å². The molecule has 2 aromatic carbocycles. The molecule has 0 unspecified atom stereocenters. The molecular formula is C21H16N2O4. The summed E-state index contributed by atoms with van der Waals surface area (Å²) in [5, 5.41) is 8.91. The topological polar surface area (TPSA) is 89.3 Å². The van der Waals surface area contributed by atoms with Crippen molar-refractivity contribution >= 4 is 17.5 Å². The smallest absolute Gasteiger partial charge is 0.303 e. The molecule has 0 spiro atoms. The van der Waals surface area contributed by atoms with Crippen LogP contribution < -0.4 is 0 Å². The third-order valence-corrected chi connectivity index (χ3v) is 4.60. The molecule has 1 aliphatic rings. The van der Waals surface area contributed by atoms with Crippen LogP contribution in [0.4, 0.5) is 0 Å². The van der Waals surface area contributed by atoms with Crippen LogP contribution in [0.25, 0.3) is 5.69 Å². The number of hydrogen-bond acceptors (Lipinski definition) is 4. The van der Waals surface area contributed by atoms with Crippen molar-refractivity contribution in [2.45, 2.75) is 19.3 Å². The lowest BCUT2D eigenvalue weighted by Crippen LogP contribution is -2.23. The normalized spacial score (nSPS) is 12.6. The number of carbonyl (C=O) groups is 3. The van der Waals surface area contributed by atoms with E-state index in [1.165, 1.54) is 0 Å². The zero-order valence-corrected chi connectivity index (χ0v) is 14.4. The fourth-order valence-electron chi connectivity index (χ4n) is 3.39. The fraction of sp³-hybridized carbons (Fsp3) is 0.143. The van der Waals surface area contributed by atoms with E-state index in [2.05, 4.69) is 4.98 Å². The summed E-state index contributed by atoms with van der Waals surface area (Å²) in [4.78, 5) is 41.4. The standard InChI is InChI=1S/C21H16N2O4/c24-17(25)12-6-11-16-22-18-19(23(16)13-7-2-1-3-8-13)21(27)15-10-5-4-9-14(15)20(18)26/h1-5,7-10H,6,11-12H2,(H,24,25). The molecule has 27 heavy (non-hydrogen) atoms. The van der Waals surface area contributed by atoms with Crippen molar-refractivity contribution in [1.29, 1.82) is 0 Å². The lowest BCUT2D eigenvalue weighted by atomic mass is 9.90. The van der Waals surface area contributed by atoms with Gasteiger partial charge in [0.1, 0.15) is 17.2 Å². The molecule has 6 heteroatoms. The number of fused-ring (bicyclic) bond motifs is 2. The predicted molar refractivity (Wildman–Crippen MR) is 97.4 cm³/mol. The summed E-state index contributed by atoms with van der Waals surface area (Å²) >= 11 is 0. The molecule has 0 amide bonds. The van der Waals surface area contributed by atoms with Gasteiger partial charge >= 0.3 is 5.97 Å². The van der Waals surface area contributed by atoms with Gasteiger partial charge in [0, 0.05) is 29.7 Å². The van der Waals surface area contributed by atoms with Gasteiger partial charge in [0.25, 0.3) is 0 Å². The van der Waals surface area contributed by atoms with Gasteiger partial charge in [-0.3, -0.25) is 19.0 Å². The first-order valence-corrected chi connectivity index (χ1v) is 8.65. The van der Waals surface area contributed by atoms with Gasteiger partial charge in [-0.1, -0.05) is 42.5 Å². The highest BCUT2D eigenvalue weighted by molar-refractivity contribution is 6.27. The Bertz CT molecular complexity index is 1070. The van der Waals surface area contributed by atoms with E-state index in [-0.39, 0.29) is 29.4 Å². The quantitative estimate of drug-likeness (QED) is 0.591. The number of hydrogen-bond donors (Lipinski definition) is 1. The van der Waals surface area contributed by atoms with Gasteiger partial charge in [-0.25, -0.2) is 4.98 Å². The molecule has 1 aliphatic carbocycles. The average molecular weight is 360 g/mol. The Morgan fingerprint density at radius 2 is 1.56 bits per heavy atom. The summed E-state index contributed by atoms with van der Waals surface area (Å²) < 4.78 is 1.69. The third kappa shape index (κ3) is 2.85. The molecule has 134 valence electrons. The zero-order valence-electron chi connectivity index (χ0n) is 14.4. The molecule has 6 nitrogen and oxygen atoms in total. The Morgan fingerprint density at radius 1 is 0.926 bits per heavy atom. The summed E-state index contributed by atoms with van der Waals surface area (Å²) in [5.74, 6) is -0.908. The van der Waals surface area contributed by atoms with Gasteiger partial charge in [0.2, 0.25) is 11.6 Å². The average Bonchev–Trinajstić information content (AvgIpc) is 3.06. The van der Waals surface area contributed by atoms with E-state index in [0.717, 1.165) is 5.69 Å². The second-order valence-electron chi connectivity index (χ2n) is 6.35. The monoisotopic (exact) mass is 360 g/mol. The first-order valence-electron chi connectivity index (χ1n) is 8.65. The Kier molecular flexibility index (Phi) is 4.16. The van der Waals surface area contributed by atoms with E-state index in [9.17, 15) is 14.4 Å². The lowest BCUT2D eigenvalue weighted by molar-refractivity contribution is -0.137. The van der Waals surface area contributed by atoms with Crippen LogP contribution in [0.5, 0.6) is 0 Å². The number of imidazole rings is 1. The molecule has 1 N–H and O–H groups in total. The van der Waals surface area contributed by atoms with E-state index in [1.807, 2.05) is 30.3 Å². The fourth-order valence-corrected chi connectivity index (χ4v) is 3.39. The minimum absolute atomic E-state index is 0.00552.